The molecule has 0 atom stereocenters. The first-order valence-corrected chi connectivity index (χ1v) is 5.88. The van der Waals surface area contributed by atoms with Crippen LogP contribution in [-0.2, 0) is 21.8 Å². The third-order valence-corrected chi connectivity index (χ3v) is 2.50. The van der Waals surface area contributed by atoms with Crippen molar-refractivity contribution in [1.82, 2.24) is 0 Å². The molecule has 1 aromatic heterocycles. The number of carbonyl (C=O) groups is 1. The van der Waals surface area contributed by atoms with Gasteiger partial charge in [-0.2, -0.15) is 0 Å². The van der Waals surface area contributed by atoms with E-state index in [0.29, 0.717) is 5.76 Å². The molecule has 0 aliphatic heterocycles. The van der Waals surface area contributed by atoms with Crippen LogP contribution in [0.4, 0.5) is 0 Å². The van der Waals surface area contributed by atoms with Crippen LogP contribution in [0.25, 0.3) is 0 Å². The van der Waals surface area contributed by atoms with Crippen molar-refractivity contribution in [2.75, 3.05) is 7.11 Å². The minimum absolute atomic E-state index is 0. The first kappa shape index (κ1) is 17.3. The Bertz CT molecular complexity index is 383. The van der Waals surface area contributed by atoms with Gasteiger partial charge in [-0.05, 0) is 69.9 Å². The zero-order valence-corrected chi connectivity index (χ0v) is 12.0. The summed E-state index contributed by atoms with van der Waals surface area (Å²) in [6.45, 7) is 0. The van der Waals surface area contributed by atoms with E-state index in [1.807, 2.05) is 57.8 Å². The molecule has 0 aromatic carbocycles. The van der Waals surface area contributed by atoms with Crippen molar-refractivity contribution in [3.05, 3.63) is 87.4 Å². The number of rotatable bonds is 2. The maximum atomic E-state index is 11.1. The molecule has 0 bridgehead atoms. The molecule has 1 heterocycles. The van der Waals surface area contributed by atoms with E-state index in [0.717, 1.165) is 5.92 Å². The summed E-state index contributed by atoms with van der Waals surface area (Å²) < 4.78 is 9.84. The summed E-state index contributed by atoms with van der Waals surface area (Å²) in [6.07, 6.45) is 17.7. The molecule has 4 heteroatoms. The van der Waals surface area contributed by atoms with Gasteiger partial charge in [0.25, 0.3) is 0 Å². The van der Waals surface area contributed by atoms with Crippen LogP contribution in [-0.4, -0.2) is 13.1 Å². The molecule has 0 unspecified atom stereocenters. The smallest absolute Gasteiger partial charge is 0.463 e. The topological polar surface area (TPSA) is 39.4 Å². The average molecular weight is 310 g/mol. The van der Waals surface area contributed by atoms with Gasteiger partial charge in [0.1, 0.15) is 5.76 Å². The Kier molecular flexibility index (Phi) is 8.01. The summed E-state index contributed by atoms with van der Waals surface area (Å²) >= 11 is 0. The van der Waals surface area contributed by atoms with E-state index >= 15 is 0 Å². The molecule has 3 rings (SSSR count). The first-order valence-electron chi connectivity index (χ1n) is 5.88. The Morgan fingerprint density at radius 2 is 1.50 bits per heavy atom. The van der Waals surface area contributed by atoms with E-state index in [2.05, 4.69) is 4.74 Å². The molecular formula is C16H14FeO3+2. The largest absolute Gasteiger partial charge is 2.00 e. The Balaban J connectivity index is 0.000000283. The standard InChI is InChI=1S/C11H9O3.C5H5.Fe/c1-13-11(12)10-7-6-9(14-10)8-4-2-3-5-8;1-2-4-5-3-1;/h2-7H,1H3;1-5H;/q;;+2. The number of esters is 1. The monoisotopic (exact) mass is 310 g/mol. The predicted molar refractivity (Wildman–Crippen MR) is 71.1 cm³/mol. The number of hydrogen-bond donors (Lipinski definition) is 0. The summed E-state index contributed by atoms with van der Waals surface area (Å²) in [6, 6.07) is 3.36. The summed E-state index contributed by atoms with van der Waals surface area (Å²) in [5.41, 5.74) is 0. The number of hydrogen-bond acceptors (Lipinski definition) is 3. The fraction of sp³-hybridized carbons (Fsp3) is 0.0625. The van der Waals surface area contributed by atoms with E-state index in [1.54, 1.807) is 12.1 Å². The predicted octanol–water partition coefficient (Wildman–Crippen LogP) is 2.84. The SMILES string of the molecule is COC(=O)c1ccc([C]2[CH][CH][CH][CH]2)o1.[CH]1[CH][CH][CH][CH]1.[Fe+2]. The van der Waals surface area contributed by atoms with Gasteiger partial charge in [0.2, 0.25) is 5.76 Å². The second-order valence-corrected chi connectivity index (χ2v) is 3.79. The van der Waals surface area contributed by atoms with Gasteiger partial charge in [0.15, 0.2) is 0 Å². The summed E-state index contributed by atoms with van der Waals surface area (Å²) in [5.74, 6) is 1.40. The van der Waals surface area contributed by atoms with Crippen LogP contribution in [0, 0.1) is 63.7 Å². The fourth-order valence-corrected chi connectivity index (χ4v) is 1.56. The molecule has 2 fully saturated rings. The number of carbonyl (C=O) groups excluding carboxylic acids is 1. The van der Waals surface area contributed by atoms with Crippen LogP contribution in [0.1, 0.15) is 16.3 Å². The van der Waals surface area contributed by atoms with Gasteiger partial charge in [-0.25, -0.2) is 4.79 Å². The number of ether oxygens (including phenoxy) is 1. The van der Waals surface area contributed by atoms with E-state index in [4.69, 9.17) is 4.42 Å². The quantitative estimate of drug-likeness (QED) is 0.623. The van der Waals surface area contributed by atoms with Crippen LogP contribution in [0.5, 0.6) is 0 Å². The minimum Gasteiger partial charge on any atom is -0.463 e. The van der Waals surface area contributed by atoms with Gasteiger partial charge in [-0.15, -0.1) is 0 Å². The van der Waals surface area contributed by atoms with Gasteiger partial charge in [0, 0.05) is 5.92 Å². The van der Waals surface area contributed by atoms with Crippen LogP contribution in [0.15, 0.2) is 16.5 Å². The Labute approximate surface area is 131 Å². The normalized spacial score (nSPS) is 18.1. The van der Waals surface area contributed by atoms with Gasteiger partial charge >= 0.3 is 23.0 Å². The maximum Gasteiger partial charge on any atom is 2.00 e. The summed E-state index contributed by atoms with van der Waals surface area (Å²) in [4.78, 5) is 11.1. The Hall–Kier alpha value is -0.731. The van der Waals surface area contributed by atoms with Crippen molar-refractivity contribution in [2.45, 2.75) is 0 Å². The summed E-state index contributed by atoms with van der Waals surface area (Å²) in [7, 11) is 1.33. The number of furan rings is 1. The zero-order chi connectivity index (χ0) is 13.5. The molecule has 0 saturated heterocycles. The molecule has 2 aliphatic rings. The second kappa shape index (κ2) is 9.25. The third-order valence-electron chi connectivity index (χ3n) is 2.50. The van der Waals surface area contributed by atoms with E-state index < -0.39 is 5.97 Å². The van der Waals surface area contributed by atoms with Crippen molar-refractivity contribution < 1.29 is 31.0 Å². The maximum absolute atomic E-state index is 11.1. The molecule has 102 valence electrons. The van der Waals surface area contributed by atoms with E-state index in [-0.39, 0.29) is 22.8 Å². The van der Waals surface area contributed by atoms with Crippen LogP contribution < -0.4 is 0 Å². The molecule has 0 N–H and O–H groups in total. The molecule has 0 spiro atoms. The molecule has 2 aliphatic carbocycles. The van der Waals surface area contributed by atoms with Crippen molar-refractivity contribution in [3.63, 3.8) is 0 Å². The fourth-order valence-electron chi connectivity index (χ4n) is 1.56. The van der Waals surface area contributed by atoms with Gasteiger partial charge < -0.3 is 9.15 Å². The first-order chi connectivity index (χ1) is 9.31. The van der Waals surface area contributed by atoms with Crippen LogP contribution >= 0.6 is 0 Å². The molecule has 20 heavy (non-hydrogen) atoms. The van der Waals surface area contributed by atoms with Crippen molar-refractivity contribution in [2.24, 2.45) is 0 Å². The Morgan fingerprint density at radius 3 is 2.00 bits per heavy atom. The van der Waals surface area contributed by atoms with E-state index in [9.17, 15) is 4.79 Å². The van der Waals surface area contributed by atoms with E-state index in [1.165, 1.54) is 7.11 Å². The molecule has 2 saturated carbocycles. The van der Waals surface area contributed by atoms with Crippen molar-refractivity contribution in [1.29, 1.82) is 0 Å². The average Bonchev–Trinajstić information content (AvgIpc) is 3.20. The molecule has 10 radical (unpaired) electrons. The van der Waals surface area contributed by atoms with Crippen LogP contribution in [0.2, 0.25) is 0 Å². The van der Waals surface area contributed by atoms with Gasteiger partial charge in [-0.1, -0.05) is 0 Å². The molecule has 1 aromatic rings. The van der Waals surface area contributed by atoms with Gasteiger partial charge in [0.05, 0.1) is 7.11 Å². The number of methoxy groups -OCH3 is 1. The van der Waals surface area contributed by atoms with Crippen molar-refractivity contribution >= 4 is 5.97 Å². The molecule has 0 amide bonds. The van der Waals surface area contributed by atoms with Crippen LogP contribution in [0.3, 0.4) is 0 Å². The molecular weight excluding hydrogens is 296 g/mol. The summed E-state index contributed by atoms with van der Waals surface area (Å²) in [5, 5.41) is 0. The zero-order valence-electron chi connectivity index (χ0n) is 10.9. The third kappa shape index (κ3) is 4.99. The molecule has 3 nitrogen and oxygen atoms in total. The second-order valence-electron chi connectivity index (χ2n) is 3.79. The Morgan fingerprint density at radius 1 is 0.950 bits per heavy atom. The minimum atomic E-state index is -0.456. The van der Waals surface area contributed by atoms with Crippen molar-refractivity contribution in [3.8, 4) is 0 Å². The van der Waals surface area contributed by atoms with Gasteiger partial charge in [-0.3, -0.25) is 0 Å².